The molecule has 0 saturated carbocycles. The molecule has 2 aliphatic heterocycles. The third-order valence-electron chi connectivity index (χ3n) is 10.1. The largest absolute Gasteiger partial charge is 1.00 e. The second-order valence-electron chi connectivity index (χ2n) is 14.5. The highest BCUT2D eigenvalue weighted by Gasteiger charge is 2.43. The molecule has 2 heterocycles. The number of carbonyl (C=O) groups is 1. The van der Waals surface area contributed by atoms with Gasteiger partial charge in [-0.3, -0.25) is 4.79 Å². The Morgan fingerprint density at radius 2 is 1.42 bits per heavy atom. The molecule has 0 atom stereocenters. The zero-order chi connectivity index (χ0) is 35.1. The lowest BCUT2D eigenvalue weighted by molar-refractivity contribution is -0.438. The summed E-state index contributed by atoms with van der Waals surface area (Å²) in [4.78, 5) is 14.7. The summed E-state index contributed by atoms with van der Waals surface area (Å²) in [6, 6.07) is 17.5. The number of unbranched alkanes of at least 4 members (excludes halogenated alkanes) is 3. The lowest BCUT2D eigenvalue weighted by Crippen LogP contribution is -3.00. The fourth-order valence-corrected chi connectivity index (χ4v) is 7.28. The number of rotatable bonds is 21. The van der Waals surface area contributed by atoms with Gasteiger partial charge in [-0.2, -0.15) is 4.58 Å². The molecule has 7 nitrogen and oxygen atoms in total. The van der Waals surface area contributed by atoms with Crippen LogP contribution in [0, 0.1) is 0 Å². The molecule has 5 N–H and O–H groups in total. The molecule has 274 valence electrons. The van der Waals surface area contributed by atoms with E-state index in [0.717, 1.165) is 77.9 Å². The maximum Gasteiger partial charge on any atom is 0.219 e. The van der Waals surface area contributed by atoms with E-state index in [1.165, 1.54) is 46.8 Å². The van der Waals surface area contributed by atoms with Crippen LogP contribution in [0.15, 0.2) is 84.6 Å². The molecule has 0 aromatic heterocycles. The van der Waals surface area contributed by atoms with Crippen LogP contribution >= 0.6 is 0 Å². The average molecular weight is 795 g/mol. The Morgan fingerprint density at radius 1 is 0.760 bits per heavy atom. The molecule has 2 aromatic carbocycles. The minimum atomic E-state index is -0.0783. The smallest absolute Gasteiger partial charge is 0.219 e. The van der Waals surface area contributed by atoms with Crippen molar-refractivity contribution in [3.8, 4) is 0 Å². The first kappa shape index (κ1) is 41.6. The molecule has 0 aliphatic carbocycles. The van der Waals surface area contributed by atoms with E-state index in [2.05, 4.69) is 139 Å². The minimum Gasteiger partial charge on any atom is -1.00 e. The Balaban J connectivity index is 0.00000676. The van der Waals surface area contributed by atoms with Gasteiger partial charge in [-0.15, -0.1) is 0 Å². The molecule has 0 spiro atoms. The highest BCUT2D eigenvalue weighted by atomic mass is 127. The average Bonchev–Trinajstić information content (AvgIpc) is 3.42. The van der Waals surface area contributed by atoms with Gasteiger partial charge in [0, 0.05) is 60.9 Å². The molecule has 0 unspecified atom stereocenters. The fraction of sp³-hybridized carbons (Fsp3) is 0.524. The lowest BCUT2D eigenvalue weighted by Gasteiger charge is -2.23. The van der Waals surface area contributed by atoms with Crippen LogP contribution in [0.3, 0.4) is 0 Å². The van der Waals surface area contributed by atoms with Crippen LogP contribution in [0.5, 0.6) is 0 Å². The van der Waals surface area contributed by atoms with E-state index in [9.17, 15) is 4.79 Å². The number of allylic oxidation sites excluding steroid dienone is 6. The molecular weight excluding hydrogens is 731 g/mol. The van der Waals surface area contributed by atoms with Crippen molar-refractivity contribution in [1.82, 2.24) is 16.0 Å². The number of halogens is 1. The molecule has 2 aliphatic rings. The number of hydrogen-bond acceptors (Lipinski definition) is 5. The molecule has 2 aromatic rings. The zero-order valence-corrected chi connectivity index (χ0v) is 33.5. The van der Waals surface area contributed by atoms with Gasteiger partial charge < -0.3 is 50.6 Å². The zero-order valence-electron chi connectivity index (χ0n) is 31.4. The van der Waals surface area contributed by atoms with Gasteiger partial charge in [0.1, 0.15) is 6.54 Å². The van der Waals surface area contributed by atoms with Gasteiger partial charge >= 0.3 is 0 Å². The number of anilines is 1. The monoisotopic (exact) mass is 794 g/mol. The van der Waals surface area contributed by atoms with E-state index in [0.29, 0.717) is 6.42 Å². The SMILES string of the molecule is CN1/C(=C/C=C/C=C/C2=[N+](CCCCCC(=O)NCCCNCCCCNCCCN)c3ccccc3C2(C)C)C(C)(C)c2ccccc21.[I-]. The van der Waals surface area contributed by atoms with E-state index in [1.54, 1.807) is 0 Å². The number of likely N-dealkylation sites (N-methyl/N-ethyl adjacent to an activating group) is 1. The van der Waals surface area contributed by atoms with Gasteiger partial charge in [-0.05, 0) is 103 Å². The van der Waals surface area contributed by atoms with Gasteiger partial charge in [0.2, 0.25) is 11.6 Å². The van der Waals surface area contributed by atoms with E-state index < -0.39 is 0 Å². The van der Waals surface area contributed by atoms with Crippen molar-refractivity contribution in [3.05, 3.63) is 95.7 Å². The summed E-state index contributed by atoms with van der Waals surface area (Å²) < 4.78 is 2.49. The fourth-order valence-electron chi connectivity index (χ4n) is 7.28. The quantitative estimate of drug-likeness (QED) is 0.0669. The molecule has 0 fully saturated rings. The number of hydrogen-bond donors (Lipinski definition) is 4. The number of nitrogens with two attached hydrogens (primary N) is 1. The molecule has 8 heteroatoms. The summed E-state index contributed by atoms with van der Waals surface area (Å²) in [5, 5.41) is 10.0. The number of amides is 1. The van der Waals surface area contributed by atoms with Gasteiger partial charge in [0.15, 0.2) is 5.71 Å². The highest BCUT2D eigenvalue weighted by molar-refractivity contribution is 6.03. The predicted octanol–water partition coefficient (Wildman–Crippen LogP) is 3.87. The topological polar surface area (TPSA) is 85.4 Å². The van der Waals surface area contributed by atoms with Crippen LogP contribution in [-0.2, 0) is 15.6 Å². The summed E-state index contributed by atoms with van der Waals surface area (Å²) >= 11 is 0. The first-order valence-electron chi connectivity index (χ1n) is 18.7. The number of para-hydroxylation sites is 2. The van der Waals surface area contributed by atoms with Crippen molar-refractivity contribution in [2.45, 2.75) is 89.9 Å². The van der Waals surface area contributed by atoms with E-state index in [-0.39, 0.29) is 40.7 Å². The summed E-state index contributed by atoms with van der Waals surface area (Å²) in [6.45, 7) is 15.7. The Labute approximate surface area is 320 Å². The molecule has 50 heavy (non-hydrogen) atoms. The van der Waals surface area contributed by atoms with E-state index in [4.69, 9.17) is 5.73 Å². The van der Waals surface area contributed by atoms with Gasteiger partial charge in [0.05, 0.1) is 5.41 Å². The maximum atomic E-state index is 12.4. The first-order valence-corrected chi connectivity index (χ1v) is 18.7. The van der Waals surface area contributed by atoms with E-state index in [1.807, 2.05) is 0 Å². The number of fused-ring (bicyclic) bond motifs is 2. The number of benzene rings is 2. The summed E-state index contributed by atoms with van der Waals surface area (Å²) in [6.07, 6.45) is 19.0. The predicted molar refractivity (Wildman–Crippen MR) is 208 cm³/mol. The minimum absolute atomic E-state index is 0. The van der Waals surface area contributed by atoms with Gasteiger partial charge in [0.25, 0.3) is 0 Å². The first-order chi connectivity index (χ1) is 23.7. The van der Waals surface area contributed by atoms with Crippen LogP contribution < -0.4 is 50.6 Å². The Hall–Kier alpha value is -2.79. The number of carbonyl (C=O) groups excluding carboxylic acids is 1. The Bertz CT molecular complexity index is 1490. The van der Waals surface area contributed by atoms with Crippen LogP contribution in [0.2, 0.25) is 0 Å². The van der Waals surface area contributed by atoms with Gasteiger partial charge in [-0.1, -0.05) is 68.5 Å². The van der Waals surface area contributed by atoms with Crippen molar-refractivity contribution < 1.29 is 33.3 Å². The maximum absolute atomic E-state index is 12.4. The van der Waals surface area contributed by atoms with Gasteiger partial charge in [-0.25, -0.2) is 0 Å². The summed E-state index contributed by atoms with van der Waals surface area (Å²) in [5.74, 6) is 0.171. The van der Waals surface area contributed by atoms with Crippen molar-refractivity contribution in [2.24, 2.45) is 5.73 Å². The third kappa shape index (κ3) is 11.1. The van der Waals surface area contributed by atoms with Crippen molar-refractivity contribution in [3.63, 3.8) is 0 Å². The Morgan fingerprint density at radius 3 is 2.14 bits per heavy atom. The van der Waals surface area contributed by atoms with Crippen LogP contribution in [0.25, 0.3) is 0 Å². The van der Waals surface area contributed by atoms with E-state index >= 15 is 0 Å². The third-order valence-corrected chi connectivity index (χ3v) is 10.1. The summed E-state index contributed by atoms with van der Waals surface area (Å²) in [5.41, 5.74) is 13.4. The molecule has 0 saturated heterocycles. The molecule has 0 bridgehead atoms. The lowest BCUT2D eigenvalue weighted by atomic mass is 9.81. The normalized spacial score (nSPS) is 16.8. The molecule has 4 rings (SSSR count). The van der Waals surface area contributed by atoms with Crippen LogP contribution in [0.1, 0.15) is 90.2 Å². The van der Waals surface area contributed by atoms with Crippen LogP contribution in [0.4, 0.5) is 11.4 Å². The second kappa shape index (κ2) is 20.9. The van der Waals surface area contributed by atoms with Crippen molar-refractivity contribution in [1.29, 1.82) is 0 Å². The molecule has 0 radical (unpaired) electrons. The van der Waals surface area contributed by atoms with Crippen molar-refractivity contribution >= 4 is 23.0 Å². The van der Waals surface area contributed by atoms with Crippen molar-refractivity contribution in [2.75, 3.05) is 57.8 Å². The van der Waals surface area contributed by atoms with Crippen LogP contribution in [-0.4, -0.2) is 69.1 Å². The number of nitrogens with one attached hydrogen (secondary N) is 3. The summed E-state index contributed by atoms with van der Waals surface area (Å²) in [7, 11) is 2.16. The second-order valence-corrected chi connectivity index (χ2v) is 14.5. The highest BCUT2D eigenvalue weighted by Crippen LogP contribution is 2.46. The molecular formula is C42H63IN6O. The standard InChI is InChI=1S/C42H62N6O.HI/c1-41(2)34-20-11-13-22-36(34)47(5)38(41)24-8-6-9-25-39-42(3,4)35-21-12-14-23-37(35)48(39)33-17-7-10-26-40(49)46-32-19-31-45-29-16-15-28-44-30-18-27-43;/h6,8-9,11-14,20-25,44-45H,7,10,15-19,26-33,43H2,1-5H3;1H. The Kier molecular flexibility index (Phi) is 17.4. The number of nitrogens with zero attached hydrogens (tertiary/aromatic N) is 2. The molecule has 1 amide bonds.